The monoisotopic (exact) mass is 221 g/mol. The smallest absolute Gasteiger partial charge is 0.126 e. The summed E-state index contributed by atoms with van der Waals surface area (Å²) in [5.41, 5.74) is 0. The average molecular weight is 221 g/mol. The lowest BCUT2D eigenvalue weighted by Crippen LogP contribution is -2.27. The van der Waals surface area contributed by atoms with Gasteiger partial charge in [-0.3, -0.25) is 0 Å². The van der Waals surface area contributed by atoms with Gasteiger partial charge in [0.25, 0.3) is 0 Å². The summed E-state index contributed by atoms with van der Waals surface area (Å²) in [6.07, 6.45) is 10.7. The second-order valence-corrected chi connectivity index (χ2v) is 4.79. The largest absolute Gasteiger partial charge is 0.334 e. The van der Waals surface area contributed by atoms with Crippen molar-refractivity contribution in [3.8, 4) is 0 Å². The van der Waals surface area contributed by atoms with E-state index >= 15 is 0 Å². The van der Waals surface area contributed by atoms with Crippen LogP contribution >= 0.6 is 0 Å². The van der Waals surface area contributed by atoms with E-state index in [-0.39, 0.29) is 0 Å². The van der Waals surface area contributed by atoms with Crippen LogP contribution in [-0.2, 0) is 6.54 Å². The number of hydrogen-bond acceptors (Lipinski definition) is 2. The maximum Gasteiger partial charge on any atom is 0.126 e. The molecule has 0 aliphatic heterocycles. The second-order valence-electron chi connectivity index (χ2n) is 4.79. The number of imidazole rings is 1. The van der Waals surface area contributed by atoms with Crippen LogP contribution in [0.5, 0.6) is 0 Å². The van der Waals surface area contributed by atoms with Crippen LogP contribution in [0.2, 0.25) is 0 Å². The summed E-state index contributed by atoms with van der Waals surface area (Å²) in [5, 5.41) is 3.46. The third-order valence-corrected chi connectivity index (χ3v) is 3.67. The molecule has 1 aliphatic carbocycles. The SMILES string of the molecule is CCCn1ccnc1C(NC)C1CCCC1. The van der Waals surface area contributed by atoms with Crippen LogP contribution < -0.4 is 5.32 Å². The van der Waals surface area contributed by atoms with Gasteiger partial charge in [-0.25, -0.2) is 4.98 Å². The summed E-state index contributed by atoms with van der Waals surface area (Å²) in [5.74, 6) is 2.01. The van der Waals surface area contributed by atoms with Gasteiger partial charge in [-0.2, -0.15) is 0 Å². The molecule has 0 amide bonds. The molecule has 0 spiro atoms. The highest BCUT2D eigenvalue weighted by Crippen LogP contribution is 2.34. The summed E-state index contributed by atoms with van der Waals surface area (Å²) in [4.78, 5) is 4.55. The Morgan fingerprint density at radius 1 is 1.50 bits per heavy atom. The fraction of sp³-hybridized carbons (Fsp3) is 0.769. The fourth-order valence-corrected chi connectivity index (χ4v) is 2.90. The predicted molar refractivity (Wildman–Crippen MR) is 66.3 cm³/mol. The molecular formula is C13H23N3. The van der Waals surface area contributed by atoms with Gasteiger partial charge in [0.1, 0.15) is 5.82 Å². The van der Waals surface area contributed by atoms with E-state index in [1.807, 2.05) is 6.20 Å². The van der Waals surface area contributed by atoms with Crippen molar-refractivity contribution in [2.45, 2.75) is 51.6 Å². The second kappa shape index (κ2) is 5.48. The minimum absolute atomic E-state index is 0.448. The van der Waals surface area contributed by atoms with Gasteiger partial charge in [0.2, 0.25) is 0 Å². The number of nitrogens with zero attached hydrogens (tertiary/aromatic N) is 2. The van der Waals surface area contributed by atoms with Crippen LogP contribution in [-0.4, -0.2) is 16.6 Å². The van der Waals surface area contributed by atoms with Crippen LogP contribution in [0.25, 0.3) is 0 Å². The van der Waals surface area contributed by atoms with Gasteiger partial charge in [-0.05, 0) is 32.2 Å². The zero-order valence-corrected chi connectivity index (χ0v) is 10.4. The van der Waals surface area contributed by atoms with E-state index in [1.54, 1.807) is 0 Å². The first-order valence-corrected chi connectivity index (χ1v) is 6.55. The summed E-state index contributed by atoms with van der Waals surface area (Å²) in [7, 11) is 2.06. The first kappa shape index (κ1) is 11.6. The first-order chi connectivity index (χ1) is 7.86. The topological polar surface area (TPSA) is 29.9 Å². The first-order valence-electron chi connectivity index (χ1n) is 6.55. The van der Waals surface area contributed by atoms with E-state index in [1.165, 1.54) is 37.9 Å². The Bertz CT molecular complexity index is 313. The summed E-state index contributed by atoms with van der Waals surface area (Å²) >= 11 is 0. The molecule has 0 radical (unpaired) electrons. The third-order valence-electron chi connectivity index (χ3n) is 3.67. The Morgan fingerprint density at radius 3 is 2.88 bits per heavy atom. The zero-order chi connectivity index (χ0) is 11.4. The molecule has 0 aromatic carbocycles. The van der Waals surface area contributed by atoms with Crippen molar-refractivity contribution in [1.82, 2.24) is 14.9 Å². The highest BCUT2D eigenvalue weighted by atomic mass is 15.1. The van der Waals surface area contributed by atoms with E-state index < -0.39 is 0 Å². The molecule has 0 saturated heterocycles. The minimum atomic E-state index is 0.448. The van der Waals surface area contributed by atoms with Crippen molar-refractivity contribution in [2.24, 2.45) is 5.92 Å². The number of hydrogen-bond donors (Lipinski definition) is 1. The van der Waals surface area contributed by atoms with Crippen LogP contribution in [0.15, 0.2) is 12.4 Å². The van der Waals surface area contributed by atoms with E-state index in [0.29, 0.717) is 6.04 Å². The number of rotatable bonds is 5. The fourth-order valence-electron chi connectivity index (χ4n) is 2.90. The molecule has 16 heavy (non-hydrogen) atoms. The van der Waals surface area contributed by atoms with Gasteiger partial charge in [0, 0.05) is 18.9 Å². The van der Waals surface area contributed by atoms with Gasteiger partial charge in [0.05, 0.1) is 6.04 Å². The summed E-state index contributed by atoms with van der Waals surface area (Å²) in [6, 6.07) is 0.448. The van der Waals surface area contributed by atoms with Crippen LogP contribution in [0.3, 0.4) is 0 Å². The van der Waals surface area contributed by atoms with E-state index in [4.69, 9.17) is 0 Å². The molecule has 2 rings (SSSR count). The van der Waals surface area contributed by atoms with Gasteiger partial charge < -0.3 is 9.88 Å². The van der Waals surface area contributed by atoms with Gasteiger partial charge in [0.15, 0.2) is 0 Å². The third kappa shape index (κ3) is 2.29. The Balaban J connectivity index is 2.15. The molecule has 3 nitrogen and oxygen atoms in total. The average Bonchev–Trinajstić information content (AvgIpc) is 2.92. The van der Waals surface area contributed by atoms with E-state index in [9.17, 15) is 0 Å². The van der Waals surface area contributed by atoms with Crippen LogP contribution in [0, 0.1) is 5.92 Å². The highest BCUT2D eigenvalue weighted by Gasteiger charge is 2.27. The molecule has 1 aromatic heterocycles. The standard InChI is InChI=1S/C13H23N3/c1-3-9-16-10-8-15-13(16)12(14-2)11-6-4-5-7-11/h8,10-12,14H,3-7,9H2,1-2H3. The number of aromatic nitrogens is 2. The predicted octanol–water partition coefficient (Wildman–Crippen LogP) is 2.74. The maximum atomic E-state index is 4.55. The van der Waals surface area contributed by atoms with E-state index in [0.717, 1.165) is 12.5 Å². The molecular weight excluding hydrogens is 198 g/mol. The lowest BCUT2D eigenvalue weighted by molar-refractivity contribution is 0.362. The molecule has 1 atom stereocenters. The Morgan fingerprint density at radius 2 is 2.25 bits per heavy atom. The summed E-state index contributed by atoms with van der Waals surface area (Å²) < 4.78 is 2.31. The van der Waals surface area contributed by atoms with Crippen molar-refractivity contribution < 1.29 is 0 Å². The van der Waals surface area contributed by atoms with Crippen molar-refractivity contribution in [3.05, 3.63) is 18.2 Å². The minimum Gasteiger partial charge on any atom is -0.334 e. The quantitative estimate of drug-likeness (QED) is 0.828. The Hall–Kier alpha value is -0.830. The summed E-state index contributed by atoms with van der Waals surface area (Å²) in [6.45, 7) is 3.30. The van der Waals surface area contributed by atoms with Crippen molar-refractivity contribution in [2.75, 3.05) is 7.05 Å². The maximum absolute atomic E-state index is 4.55. The molecule has 1 fully saturated rings. The van der Waals surface area contributed by atoms with Gasteiger partial charge in [-0.15, -0.1) is 0 Å². The number of aryl methyl sites for hydroxylation is 1. The molecule has 1 unspecified atom stereocenters. The van der Waals surface area contributed by atoms with Gasteiger partial charge >= 0.3 is 0 Å². The molecule has 3 heteroatoms. The Kier molecular flexibility index (Phi) is 3.99. The number of nitrogens with one attached hydrogen (secondary N) is 1. The lowest BCUT2D eigenvalue weighted by atomic mass is 9.97. The van der Waals surface area contributed by atoms with Gasteiger partial charge in [-0.1, -0.05) is 19.8 Å². The molecule has 1 aliphatic rings. The van der Waals surface area contributed by atoms with E-state index in [2.05, 4.69) is 35.0 Å². The molecule has 1 aromatic rings. The normalized spacial score (nSPS) is 19.1. The molecule has 1 saturated carbocycles. The van der Waals surface area contributed by atoms with Crippen molar-refractivity contribution in [1.29, 1.82) is 0 Å². The van der Waals surface area contributed by atoms with Crippen LogP contribution in [0.4, 0.5) is 0 Å². The molecule has 1 N–H and O–H groups in total. The molecule has 0 bridgehead atoms. The molecule has 1 heterocycles. The van der Waals surface area contributed by atoms with Crippen LogP contribution in [0.1, 0.15) is 50.9 Å². The van der Waals surface area contributed by atoms with Crippen molar-refractivity contribution in [3.63, 3.8) is 0 Å². The van der Waals surface area contributed by atoms with Crippen molar-refractivity contribution >= 4 is 0 Å². The Labute approximate surface area is 98.3 Å². The highest BCUT2D eigenvalue weighted by molar-refractivity contribution is 5.02. The lowest BCUT2D eigenvalue weighted by Gasteiger charge is -2.23. The zero-order valence-electron chi connectivity index (χ0n) is 10.4. The molecule has 90 valence electrons.